The van der Waals surface area contributed by atoms with Gasteiger partial charge < -0.3 is 20.3 Å². The van der Waals surface area contributed by atoms with Gasteiger partial charge in [0.25, 0.3) is 11.8 Å². The summed E-state index contributed by atoms with van der Waals surface area (Å²) in [7, 11) is 0. The first kappa shape index (κ1) is 28.7. The van der Waals surface area contributed by atoms with Gasteiger partial charge in [-0.1, -0.05) is 11.6 Å². The van der Waals surface area contributed by atoms with Gasteiger partial charge in [-0.15, -0.1) is 0 Å². The number of benzene rings is 2. The lowest BCUT2D eigenvalue weighted by molar-refractivity contribution is 0.102. The summed E-state index contributed by atoms with van der Waals surface area (Å²) < 4.78 is 20.1. The number of hydrogen-bond donors (Lipinski definition) is 3. The average Bonchev–Trinajstić information content (AvgIpc) is 3.15. The molecule has 3 N–H and O–H groups in total. The average molecular weight is 572 g/mol. The molecule has 2 aromatic carbocycles. The molecule has 0 radical (unpaired) electrons. The number of hydrogen-bond acceptors (Lipinski definition) is 7. The number of nitrogens with zero attached hydrogens (tertiary/aromatic N) is 2. The highest BCUT2D eigenvalue weighted by atomic mass is 35.5. The van der Waals surface area contributed by atoms with Crippen molar-refractivity contribution in [2.75, 3.05) is 47.4 Å². The zero-order valence-electron chi connectivity index (χ0n) is 21.8. The third-order valence-electron chi connectivity index (χ3n) is 6.26. The van der Waals surface area contributed by atoms with Gasteiger partial charge in [-0.3, -0.25) is 14.9 Å². The van der Waals surface area contributed by atoms with Crippen LogP contribution in [-0.2, 0) is 0 Å². The number of ether oxygens (including phenoxy) is 1. The van der Waals surface area contributed by atoms with E-state index in [4.69, 9.17) is 16.3 Å². The minimum Gasteiger partial charge on any atom is -0.492 e. The first-order chi connectivity index (χ1) is 18.8. The van der Waals surface area contributed by atoms with Crippen LogP contribution in [0.3, 0.4) is 0 Å². The monoisotopic (exact) mass is 571 g/mol. The van der Waals surface area contributed by atoms with E-state index in [9.17, 15) is 14.0 Å². The zero-order valence-corrected chi connectivity index (χ0v) is 23.4. The van der Waals surface area contributed by atoms with Crippen LogP contribution in [0.2, 0.25) is 5.02 Å². The van der Waals surface area contributed by atoms with Crippen molar-refractivity contribution in [1.29, 1.82) is 0 Å². The fourth-order valence-electron chi connectivity index (χ4n) is 4.14. The molecule has 1 aliphatic heterocycles. The van der Waals surface area contributed by atoms with Crippen LogP contribution >= 0.6 is 23.4 Å². The Morgan fingerprint density at radius 3 is 2.74 bits per heavy atom. The quantitative estimate of drug-likeness (QED) is 0.285. The second-order valence-electron chi connectivity index (χ2n) is 9.15. The molecule has 8 nitrogen and oxygen atoms in total. The summed E-state index contributed by atoms with van der Waals surface area (Å²) >= 11 is 7.50. The molecule has 2 heterocycles. The number of thioether (sulfide) groups is 1. The molecule has 1 aromatic heterocycles. The van der Waals surface area contributed by atoms with E-state index in [2.05, 4.69) is 32.8 Å². The SMILES string of the molecule is CSCCOc1cc(N2CCCC(C)NC2)ccc1C(=O)Nc1ccc(F)cc1C(=O)Nc1ccc(Cl)cn1. The Balaban J connectivity index is 1.57. The van der Waals surface area contributed by atoms with Crippen molar-refractivity contribution in [3.05, 3.63) is 76.7 Å². The molecule has 0 spiro atoms. The highest BCUT2D eigenvalue weighted by Crippen LogP contribution is 2.29. The van der Waals surface area contributed by atoms with E-state index in [1.54, 1.807) is 23.9 Å². The lowest BCUT2D eigenvalue weighted by Gasteiger charge is -2.24. The Kier molecular flexibility index (Phi) is 10.0. The molecule has 39 heavy (non-hydrogen) atoms. The van der Waals surface area contributed by atoms with Gasteiger partial charge in [0.15, 0.2) is 0 Å². The minimum absolute atomic E-state index is 0.0497. The van der Waals surface area contributed by atoms with E-state index in [-0.39, 0.29) is 17.1 Å². The van der Waals surface area contributed by atoms with Gasteiger partial charge in [0.1, 0.15) is 17.4 Å². The predicted molar refractivity (Wildman–Crippen MR) is 156 cm³/mol. The van der Waals surface area contributed by atoms with E-state index >= 15 is 0 Å². The van der Waals surface area contributed by atoms with Gasteiger partial charge in [0, 0.05) is 36.3 Å². The van der Waals surface area contributed by atoms with Gasteiger partial charge in [-0.25, -0.2) is 9.37 Å². The molecule has 3 aromatic rings. The number of carbonyl (C=O) groups is 2. The fourth-order valence-corrected chi connectivity index (χ4v) is 4.50. The van der Waals surface area contributed by atoms with Crippen molar-refractivity contribution in [2.24, 2.45) is 0 Å². The van der Waals surface area contributed by atoms with E-state index < -0.39 is 17.6 Å². The maximum absolute atomic E-state index is 14.1. The molecule has 1 unspecified atom stereocenters. The Bertz CT molecular complexity index is 1310. The fraction of sp³-hybridized carbons (Fsp3) is 0.321. The molecular weight excluding hydrogens is 541 g/mol. The number of nitrogens with one attached hydrogen (secondary N) is 3. The van der Waals surface area contributed by atoms with Crippen molar-refractivity contribution >= 4 is 52.4 Å². The summed E-state index contributed by atoms with van der Waals surface area (Å²) in [6.45, 7) is 4.19. The molecular formula is C28H31ClFN5O3S. The molecule has 0 bridgehead atoms. The predicted octanol–water partition coefficient (Wildman–Crippen LogP) is 5.66. The maximum atomic E-state index is 14.1. The van der Waals surface area contributed by atoms with E-state index in [0.29, 0.717) is 35.7 Å². The van der Waals surface area contributed by atoms with Crippen LogP contribution in [0.15, 0.2) is 54.7 Å². The summed E-state index contributed by atoms with van der Waals surface area (Å²) in [6, 6.07) is 12.6. The summed E-state index contributed by atoms with van der Waals surface area (Å²) in [4.78, 5) is 32.7. The van der Waals surface area contributed by atoms with Gasteiger partial charge in [-0.2, -0.15) is 11.8 Å². The molecule has 11 heteroatoms. The highest BCUT2D eigenvalue weighted by molar-refractivity contribution is 7.98. The van der Waals surface area contributed by atoms with Crippen molar-refractivity contribution in [1.82, 2.24) is 10.3 Å². The number of anilines is 3. The first-order valence-corrected chi connectivity index (χ1v) is 14.4. The summed E-state index contributed by atoms with van der Waals surface area (Å²) in [6.07, 6.45) is 5.52. The summed E-state index contributed by atoms with van der Waals surface area (Å²) in [5.74, 6) is -0.288. The number of amides is 2. The molecule has 1 saturated heterocycles. The normalized spacial score (nSPS) is 15.4. The third kappa shape index (κ3) is 7.84. The Morgan fingerprint density at radius 1 is 1.15 bits per heavy atom. The van der Waals surface area contributed by atoms with Crippen molar-refractivity contribution in [3.8, 4) is 5.75 Å². The van der Waals surface area contributed by atoms with Crippen LogP contribution in [0.25, 0.3) is 0 Å². The largest absolute Gasteiger partial charge is 0.492 e. The van der Waals surface area contributed by atoms with E-state index in [1.807, 2.05) is 18.4 Å². The molecule has 1 atom stereocenters. The van der Waals surface area contributed by atoms with Gasteiger partial charge in [-0.05, 0) is 68.5 Å². The molecule has 2 amide bonds. The Hall–Kier alpha value is -3.34. The number of aromatic nitrogens is 1. The lowest BCUT2D eigenvalue weighted by atomic mass is 10.1. The second kappa shape index (κ2) is 13.6. The third-order valence-corrected chi connectivity index (χ3v) is 7.06. The standard InChI is InChI=1S/C28H31ClFN5O3S/c1-18-4-3-11-35(17-32-18)21-7-8-22(25(15-21)38-12-13-39-2)27(36)33-24-9-6-20(30)14-23(24)28(37)34-26-10-5-19(29)16-31-26/h5-10,14-16,18,32H,3-4,11-13,17H2,1-2H3,(H,33,36)(H,31,34,37). The maximum Gasteiger partial charge on any atom is 0.259 e. The smallest absolute Gasteiger partial charge is 0.259 e. The van der Waals surface area contributed by atoms with Crippen molar-refractivity contribution < 1.29 is 18.7 Å². The van der Waals surface area contributed by atoms with E-state index in [1.165, 1.54) is 24.4 Å². The van der Waals surface area contributed by atoms with Crippen LogP contribution in [-0.4, -0.2) is 54.7 Å². The lowest BCUT2D eigenvalue weighted by Crippen LogP contribution is -2.35. The second-order valence-corrected chi connectivity index (χ2v) is 10.6. The minimum atomic E-state index is -0.630. The summed E-state index contributed by atoms with van der Waals surface area (Å²) in [5, 5.41) is 9.27. The molecule has 1 fully saturated rings. The number of halogens is 2. The molecule has 206 valence electrons. The number of pyridine rings is 1. The van der Waals surface area contributed by atoms with Crippen LogP contribution in [0, 0.1) is 5.82 Å². The van der Waals surface area contributed by atoms with Gasteiger partial charge in [0.2, 0.25) is 0 Å². The Morgan fingerprint density at radius 2 is 1.97 bits per heavy atom. The van der Waals surface area contributed by atoms with E-state index in [0.717, 1.165) is 36.9 Å². The van der Waals surface area contributed by atoms with Crippen molar-refractivity contribution in [3.63, 3.8) is 0 Å². The topological polar surface area (TPSA) is 95.6 Å². The van der Waals surface area contributed by atoms with Crippen molar-refractivity contribution in [2.45, 2.75) is 25.8 Å². The number of carbonyl (C=O) groups excluding carboxylic acids is 2. The Labute approximate surface area is 236 Å². The first-order valence-electron chi connectivity index (χ1n) is 12.6. The molecule has 0 aliphatic carbocycles. The van der Waals surface area contributed by atoms with Crippen LogP contribution in [0.4, 0.5) is 21.6 Å². The summed E-state index contributed by atoms with van der Waals surface area (Å²) in [5.41, 5.74) is 1.36. The molecule has 0 saturated carbocycles. The van der Waals surface area contributed by atoms with Crippen LogP contribution in [0.1, 0.15) is 40.5 Å². The van der Waals surface area contributed by atoms with Crippen LogP contribution < -0.4 is 25.6 Å². The van der Waals surface area contributed by atoms with Crippen LogP contribution in [0.5, 0.6) is 5.75 Å². The molecule has 1 aliphatic rings. The highest BCUT2D eigenvalue weighted by Gasteiger charge is 2.21. The number of rotatable bonds is 9. The molecule has 4 rings (SSSR count). The van der Waals surface area contributed by atoms with Gasteiger partial charge >= 0.3 is 0 Å². The zero-order chi connectivity index (χ0) is 27.8. The van der Waals surface area contributed by atoms with Gasteiger partial charge in [0.05, 0.1) is 35.1 Å².